The second kappa shape index (κ2) is 5.82. The number of hydrogen-bond donors (Lipinski definition) is 2. The predicted molar refractivity (Wildman–Crippen MR) is 86.2 cm³/mol. The Balaban J connectivity index is 1.37. The van der Waals surface area contributed by atoms with E-state index in [0.717, 1.165) is 12.8 Å². The summed E-state index contributed by atoms with van der Waals surface area (Å²) in [6.45, 7) is 1.45. The lowest BCUT2D eigenvalue weighted by atomic mass is 9.58. The van der Waals surface area contributed by atoms with E-state index >= 15 is 0 Å². The summed E-state index contributed by atoms with van der Waals surface area (Å²) in [5.41, 5.74) is 0.507. The summed E-state index contributed by atoms with van der Waals surface area (Å²) >= 11 is 0. The first-order valence-corrected chi connectivity index (χ1v) is 8.29. The van der Waals surface area contributed by atoms with Crippen molar-refractivity contribution >= 4 is 11.7 Å². The Morgan fingerprint density at radius 3 is 2.79 bits per heavy atom. The number of carbonyl (C=O) groups is 1. The molecule has 4 rings (SSSR count). The molecule has 2 fully saturated rings. The van der Waals surface area contributed by atoms with Crippen molar-refractivity contribution in [3.63, 3.8) is 0 Å². The van der Waals surface area contributed by atoms with Crippen LogP contribution in [0.1, 0.15) is 19.3 Å². The zero-order valence-corrected chi connectivity index (χ0v) is 13.7. The van der Waals surface area contributed by atoms with E-state index < -0.39 is 0 Å². The van der Waals surface area contributed by atoms with Gasteiger partial charge in [-0.3, -0.25) is 0 Å². The van der Waals surface area contributed by atoms with Gasteiger partial charge in [0.2, 0.25) is 6.79 Å². The summed E-state index contributed by atoms with van der Waals surface area (Å²) in [6.07, 6.45) is 2.01. The van der Waals surface area contributed by atoms with Crippen LogP contribution < -0.4 is 14.8 Å². The van der Waals surface area contributed by atoms with Crippen molar-refractivity contribution in [2.45, 2.75) is 31.5 Å². The van der Waals surface area contributed by atoms with Crippen LogP contribution in [0.3, 0.4) is 0 Å². The standard InChI is InChI=1S/C17H22N2O5/c1-22-15-9-14(20)17(15)4-6-19(7-5-17)16(21)18-11-2-3-12-13(8-11)24-10-23-12/h2-3,8,14-15,20H,4-7,9-10H2,1H3,(H,18,21)/t14-,15+/m0/s1. The van der Waals surface area contributed by atoms with E-state index in [2.05, 4.69) is 5.32 Å². The van der Waals surface area contributed by atoms with Crippen molar-refractivity contribution in [1.29, 1.82) is 0 Å². The molecule has 2 N–H and O–H groups in total. The molecular weight excluding hydrogens is 312 g/mol. The van der Waals surface area contributed by atoms with Crippen LogP contribution in [0.5, 0.6) is 11.5 Å². The number of benzene rings is 1. The van der Waals surface area contributed by atoms with Gasteiger partial charge in [0.25, 0.3) is 0 Å². The number of nitrogens with zero attached hydrogens (tertiary/aromatic N) is 1. The third kappa shape index (κ3) is 2.39. The van der Waals surface area contributed by atoms with E-state index in [0.29, 0.717) is 36.7 Å². The van der Waals surface area contributed by atoms with E-state index in [-0.39, 0.29) is 30.4 Å². The number of piperidine rings is 1. The van der Waals surface area contributed by atoms with Gasteiger partial charge in [-0.15, -0.1) is 0 Å². The first-order chi connectivity index (χ1) is 11.6. The van der Waals surface area contributed by atoms with E-state index in [9.17, 15) is 9.90 Å². The smallest absolute Gasteiger partial charge is 0.321 e. The van der Waals surface area contributed by atoms with Crippen molar-refractivity contribution in [3.05, 3.63) is 18.2 Å². The third-order valence-electron chi connectivity index (χ3n) is 5.63. The quantitative estimate of drug-likeness (QED) is 0.862. The van der Waals surface area contributed by atoms with Crippen molar-refractivity contribution in [2.24, 2.45) is 5.41 Å². The molecule has 7 nitrogen and oxygen atoms in total. The number of hydrogen-bond acceptors (Lipinski definition) is 5. The fourth-order valence-corrected chi connectivity index (χ4v) is 4.02. The molecule has 24 heavy (non-hydrogen) atoms. The van der Waals surface area contributed by atoms with Crippen molar-refractivity contribution < 1.29 is 24.1 Å². The topological polar surface area (TPSA) is 80.3 Å². The van der Waals surface area contributed by atoms with Gasteiger partial charge in [-0.25, -0.2) is 4.79 Å². The number of fused-ring (bicyclic) bond motifs is 1. The van der Waals surface area contributed by atoms with Gasteiger partial charge in [-0.1, -0.05) is 0 Å². The molecule has 1 aromatic carbocycles. The monoisotopic (exact) mass is 334 g/mol. The van der Waals surface area contributed by atoms with Gasteiger partial charge in [-0.2, -0.15) is 0 Å². The minimum atomic E-state index is -0.318. The average molecular weight is 334 g/mol. The summed E-state index contributed by atoms with van der Waals surface area (Å²) in [5.74, 6) is 1.34. The summed E-state index contributed by atoms with van der Waals surface area (Å²) in [4.78, 5) is 14.3. The van der Waals surface area contributed by atoms with Crippen LogP contribution in [0.15, 0.2) is 18.2 Å². The number of urea groups is 1. The van der Waals surface area contributed by atoms with Crippen LogP contribution in [-0.4, -0.2) is 55.2 Å². The molecule has 3 aliphatic rings. The minimum absolute atomic E-state index is 0.103. The fourth-order valence-electron chi connectivity index (χ4n) is 4.02. The van der Waals surface area contributed by atoms with Crippen LogP contribution >= 0.6 is 0 Å². The lowest BCUT2D eigenvalue weighted by molar-refractivity contribution is -0.198. The highest BCUT2D eigenvalue weighted by molar-refractivity contribution is 5.89. The Morgan fingerprint density at radius 1 is 1.33 bits per heavy atom. The Labute approximate surface area is 140 Å². The maximum absolute atomic E-state index is 12.5. The molecular formula is C17H22N2O5. The lowest BCUT2D eigenvalue weighted by Crippen LogP contribution is -2.62. The van der Waals surface area contributed by atoms with E-state index in [1.54, 1.807) is 30.2 Å². The Morgan fingerprint density at radius 2 is 2.08 bits per heavy atom. The number of aliphatic hydroxyl groups is 1. The number of anilines is 1. The van der Waals surface area contributed by atoms with E-state index in [1.807, 2.05) is 0 Å². The fraction of sp³-hybridized carbons (Fsp3) is 0.588. The van der Waals surface area contributed by atoms with Crippen LogP contribution in [-0.2, 0) is 4.74 Å². The molecule has 1 saturated carbocycles. The van der Waals surface area contributed by atoms with Gasteiger partial charge in [0.05, 0.1) is 12.2 Å². The highest BCUT2D eigenvalue weighted by atomic mass is 16.7. The molecule has 0 unspecified atom stereocenters. The normalized spacial score (nSPS) is 27.0. The Bertz CT molecular complexity index is 642. The second-order valence-corrected chi connectivity index (χ2v) is 6.69. The first kappa shape index (κ1) is 15.5. The number of aliphatic hydroxyl groups excluding tert-OH is 1. The number of rotatable bonds is 2. The molecule has 0 aromatic heterocycles. The molecule has 130 valence electrons. The summed E-state index contributed by atoms with van der Waals surface area (Å²) < 4.78 is 16.1. The molecule has 1 spiro atoms. The number of methoxy groups -OCH3 is 1. The SMILES string of the molecule is CO[C@@H]1C[C@H](O)C12CCN(C(=O)Nc1ccc3c(c1)OCO3)CC2. The average Bonchev–Trinajstić information content (AvgIpc) is 3.07. The van der Waals surface area contributed by atoms with Crippen molar-refractivity contribution in [1.82, 2.24) is 4.90 Å². The summed E-state index contributed by atoms with van der Waals surface area (Å²) in [6, 6.07) is 5.22. The molecule has 2 aliphatic heterocycles. The van der Waals surface area contributed by atoms with Crippen LogP contribution in [0.4, 0.5) is 10.5 Å². The van der Waals surface area contributed by atoms with Crippen molar-refractivity contribution in [3.8, 4) is 11.5 Å². The van der Waals surface area contributed by atoms with Gasteiger partial charge in [0.1, 0.15) is 0 Å². The summed E-state index contributed by atoms with van der Waals surface area (Å²) in [7, 11) is 1.69. The van der Waals surface area contributed by atoms with E-state index in [1.165, 1.54) is 0 Å². The first-order valence-electron chi connectivity index (χ1n) is 8.29. The number of ether oxygens (including phenoxy) is 3. The maximum atomic E-state index is 12.5. The number of carbonyl (C=O) groups excluding carboxylic acids is 1. The van der Waals surface area contributed by atoms with Crippen LogP contribution in [0.25, 0.3) is 0 Å². The van der Waals surface area contributed by atoms with Gasteiger partial charge in [-0.05, 0) is 25.0 Å². The van der Waals surface area contributed by atoms with Gasteiger partial charge in [0.15, 0.2) is 11.5 Å². The second-order valence-electron chi connectivity index (χ2n) is 6.69. The van der Waals surface area contributed by atoms with E-state index in [4.69, 9.17) is 14.2 Å². The molecule has 2 heterocycles. The van der Waals surface area contributed by atoms with Gasteiger partial charge >= 0.3 is 6.03 Å². The minimum Gasteiger partial charge on any atom is -0.454 e. The van der Waals surface area contributed by atoms with Crippen molar-refractivity contribution in [2.75, 3.05) is 32.3 Å². The lowest BCUT2D eigenvalue weighted by Gasteiger charge is -2.56. The Kier molecular flexibility index (Phi) is 3.77. The summed E-state index contributed by atoms with van der Waals surface area (Å²) in [5, 5.41) is 13.0. The Hall–Kier alpha value is -1.99. The largest absolute Gasteiger partial charge is 0.454 e. The zero-order valence-electron chi connectivity index (χ0n) is 13.7. The molecule has 1 aliphatic carbocycles. The molecule has 1 saturated heterocycles. The molecule has 0 bridgehead atoms. The molecule has 0 radical (unpaired) electrons. The van der Waals surface area contributed by atoms with Gasteiger partial charge < -0.3 is 29.5 Å². The number of amides is 2. The predicted octanol–water partition coefficient (Wildman–Crippen LogP) is 1.81. The van der Waals surface area contributed by atoms with Gasteiger partial charge in [0, 0.05) is 43.8 Å². The molecule has 2 amide bonds. The zero-order chi connectivity index (χ0) is 16.7. The van der Waals surface area contributed by atoms with Crippen LogP contribution in [0, 0.1) is 5.41 Å². The molecule has 1 aromatic rings. The highest BCUT2D eigenvalue weighted by Gasteiger charge is 2.56. The highest BCUT2D eigenvalue weighted by Crippen LogP contribution is 2.50. The van der Waals surface area contributed by atoms with Crippen LogP contribution in [0.2, 0.25) is 0 Å². The molecule has 2 atom stereocenters. The third-order valence-corrected chi connectivity index (χ3v) is 5.63. The number of nitrogens with one attached hydrogen (secondary N) is 1. The number of likely N-dealkylation sites (tertiary alicyclic amines) is 1. The molecule has 7 heteroatoms. The maximum Gasteiger partial charge on any atom is 0.321 e.